The number of methoxy groups -OCH3 is 1. The van der Waals surface area contributed by atoms with Gasteiger partial charge in [-0.1, -0.05) is 32.9 Å². The van der Waals surface area contributed by atoms with Crippen LogP contribution in [0.4, 0.5) is 0 Å². The van der Waals surface area contributed by atoms with Gasteiger partial charge in [-0.3, -0.25) is 0 Å². The number of hydrogen-bond acceptors (Lipinski definition) is 4. The maximum atomic E-state index is 12.4. The molecule has 2 N–H and O–H groups in total. The lowest BCUT2D eigenvalue weighted by Gasteiger charge is -2.21. The summed E-state index contributed by atoms with van der Waals surface area (Å²) in [4.78, 5) is 0.161. The van der Waals surface area contributed by atoms with Crippen LogP contribution in [-0.4, -0.2) is 33.3 Å². The fourth-order valence-electron chi connectivity index (χ4n) is 1.93. The van der Waals surface area contributed by atoms with E-state index in [0.717, 1.165) is 0 Å². The Labute approximate surface area is 127 Å². The largest absolute Gasteiger partial charge is 0.388 e. The van der Waals surface area contributed by atoms with E-state index in [-0.39, 0.29) is 16.9 Å². The first-order chi connectivity index (χ1) is 9.81. The van der Waals surface area contributed by atoms with E-state index in [0.29, 0.717) is 18.6 Å². The van der Waals surface area contributed by atoms with E-state index in [4.69, 9.17) is 4.74 Å². The minimum atomic E-state index is -3.63. The first-order valence-electron chi connectivity index (χ1n) is 7.11. The molecule has 0 aliphatic heterocycles. The molecule has 6 heteroatoms. The van der Waals surface area contributed by atoms with Crippen molar-refractivity contribution in [2.75, 3.05) is 13.7 Å². The standard InChI is InChI=1S/C15H25NO4S/c1-5-15(17)12-7-6-8-13(9-12)21(18,19)16-14(10-20-4)11(2)3/h6-9,11,14-17H,5,10H2,1-4H3. The average molecular weight is 315 g/mol. The summed E-state index contributed by atoms with van der Waals surface area (Å²) in [6, 6.07) is 6.12. The molecule has 120 valence electrons. The molecule has 0 saturated heterocycles. The molecule has 0 aliphatic carbocycles. The smallest absolute Gasteiger partial charge is 0.240 e. The third kappa shape index (κ3) is 5.07. The van der Waals surface area contributed by atoms with Crippen molar-refractivity contribution < 1.29 is 18.3 Å². The van der Waals surface area contributed by atoms with E-state index >= 15 is 0 Å². The zero-order chi connectivity index (χ0) is 16.0. The molecule has 0 bridgehead atoms. The zero-order valence-electron chi connectivity index (χ0n) is 13.0. The molecule has 2 unspecified atom stereocenters. The van der Waals surface area contributed by atoms with Crippen molar-refractivity contribution in [2.45, 2.75) is 44.2 Å². The van der Waals surface area contributed by atoms with Crippen molar-refractivity contribution in [1.82, 2.24) is 4.72 Å². The molecule has 0 heterocycles. The summed E-state index contributed by atoms with van der Waals surface area (Å²) >= 11 is 0. The second kappa shape index (κ2) is 7.89. The van der Waals surface area contributed by atoms with Crippen molar-refractivity contribution in [3.8, 4) is 0 Å². The molecule has 0 amide bonds. The molecular weight excluding hydrogens is 290 g/mol. The lowest BCUT2D eigenvalue weighted by Crippen LogP contribution is -2.41. The van der Waals surface area contributed by atoms with E-state index in [1.165, 1.54) is 12.1 Å². The zero-order valence-corrected chi connectivity index (χ0v) is 13.9. The predicted octanol–water partition coefficient (Wildman–Crippen LogP) is 2.08. The molecule has 0 radical (unpaired) electrons. The number of hydrogen-bond donors (Lipinski definition) is 2. The van der Waals surface area contributed by atoms with Gasteiger partial charge in [0.05, 0.1) is 17.6 Å². The highest BCUT2D eigenvalue weighted by Crippen LogP contribution is 2.20. The van der Waals surface area contributed by atoms with Gasteiger partial charge in [-0.05, 0) is 30.0 Å². The van der Waals surface area contributed by atoms with Crippen LogP contribution in [0.15, 0.2) is 29.2 Å². The summed E-state index contributed by atoms with van der Waals surface area (Å²) in [6.07, 6.45) is -0.116. The number of aliphatic hydroxyl groups excluding tert-OH is 1. The first kappa shape index (κ1) is 18.1. The predicted molar refractivity (Wildman–Crippen MR) is 82.5 cm³/mol. The van der Waals surface area contributed by atoms with Crippen LogP contribution in [0.1, 0.15) is 38.9 Å². The van der Waals surface area contributed by atoms with Gasteiger partial charge in [0.25, 0.3) is 0 Å². The van der Waals surface area contributed by atoms with Crippen LogP contribution in [0.3, 0.4) is 0 Å². The first-order valence-corrected chi connectivity index (χ1v) is 8.59. The average Bonchev–Trinajstić information content (AvgIpc) is 2.45. The summed E-state index contributed by atoms with van der Waals surface area (Å²) in [5, 5.41) is 9.84. The molecule has 0 fully saturated rings. The van der Waals surface area contributed by atoms with Crippen molar-refractivity contribution in [2.24, 2.45) is 5.92 Å². The Morgan fingerprint density at radius 3 is 2.52 bits per heavy atom. The lowest BCUT2D eigenvalue weighted by atomic mass is 10.1. The van der Waals surface area contributed by atoms with Gasteiger partial charge in [-0.25, -0.2) is 13.1 Å². The third-order valence-electron chi connectivity index (χ3n) is 3.40. The Morgan fingerprint density at radius 2 is 2.00 bits per heavy atom. The third-order valence-corrected chi connectivity index (χ3v) is 4.88. The van der Waals surface area contributed by atoms with Crippen LogP contribution in [0.5, 0.6) is 0 Å². The van der Waals surface area contributed by atoms with E-state index in [9.17, 15) is 13.5 Å². The van der Waals surface area contributed by atoms with Gasteiger partial charge in [0.15, 0.2) is 0 Å². The van der Waals surface area contributed by atoms with E-state index in [1.807, 2.05) is 20.8 Å². The Kier molecular flexibility index (Phi) is 6.80. The van der Waals surface area contributed by atoms with Gasteiger partial charge in [0, 0.05) is 13.2 Å². The number of benzene rings is 1. The molecular formula is C15H25NO4S. The summed E-state index contributed by atoms with van der Waals surface area (Å²) in [5.41, 5.74) is 0.605. The highest BCUT2D eigenvalue weighted by molar-refractivity contribution is 7.89. The molecule has 21 heavy (non-hydrogen) atoms. The van der Waals surface area contributed by atoms with Crippen molar-refractivity contribution in [3.63, 3.8) is 0 Å². The number of ether oxygens (including phenoxy) is 1. The van der Waals surface area contributed by atoms with Gasteiger partial charge in [-0.2, -0.15) is 0 Å². The van der Waals surface area contributed by atoms with Crippen molar-refractivity contribution >= 4 is 10.0 Å². The van der Waals surface area contributed by atoms with Gasteiger partial charge >= 0.3 is 0 Å². The maximum Gasteiger partial charge on any atom is 0.240 e. The van der Waals surface area contributed by atoms with Crippen molar-refractivity contribution in [1.29, 1.82) is 0 Å². The SMILES string of the molecule is CCC(O)c1cccc(S(=O)(=O)NC(COC)C(C)C)c1. The molecule has 0 saturated carbocycles. The second-order valence-corrected chi connectivity index (χ2v) is 7.14. The quantitative estimate of drug-likeness (QED) is 0.770. The van der Waals surface area contributed by atoms with Crippen LogP contribution in [0.25, 0.3) is 0 Å². The molecule has 1 aromatic rings. The molecule has 0 aromatic heterocycles. The summed E-state index contributed by atoms with van der Waals surface area (Å²) in [7, 11) is -2.09. The van der Waals surface area contributed by atoms with Gasteiger partial charge in [-0.15, -0.1) is 0 Å². The Bertz CT molecular complexity index is 542. The Morgan fingerprint density at radius 1 is 1.33 bits per heavy atom. The fraction of sp³-hybridized carbons (Fsp3) is 0.600. The highest BCUT2D eigenvalue weighted by atomic mass is 32.2. The molecule has 1 rings (SSSR count). The Balaban J connectivity index is 3.02. The highest BCUT2D eigenvalue weighted by Gasteiger charge is 2.23. The summed E-state index contributed by atoms with van der Waals surface area (Å²) in [5.74, 6) is 0.115. The number of sulfonamides is 1. The molecule has 2 atom stereocenters. The number of nitrogens with one attached hydrogen (secondary N) is 1. The molecule has 0 aliphatic rings. The van der Waals surface area contributed by atoms with Crippen LogP contribution >= 0.6 is 0 Å². The van der Waals surface area contributed by atoms with Crippen LogP contribution in [-0.2, 0) is 14.8 Å². The van der Waals surface area contributed by atoms with Crippen LogP contribution in [0.2, 0.25) is 0 Å². The minimum absolute atomic E-state index is 0.115. The monoisotopic (exact) mass is 315 g/mol. The van der Waals surface area contributed by atoms with E-state index in [2.05, 4.69) is 4.72 Å². The second-order valence-electron chi connectivity index (χ2n) is 5.42. The van der Waals surface area contributed by atoms with Crippen molar-refractivity contribution in [3.05, 3.63) is 29.8 Å². The minimum Gasteiger partial charge on any atom is -0.388 e. The lowest BCUT2D eigenvalue weighted by molar-refractivity contribution is 0.157. The number of rotatable bonds is 8. The molecule has 5 nitrogen and oxygen atoms in total. The number of aliphatic hydroxyl groups is 1. The fourth-order valence-corrected chi connectivity index (χ4v) is 3.36. The Hall–Kier alpha value is -0.950. The summed E-state index contributed by atoms with van der Waals surface area (Å²) < 4.78 is 32.6. The molecule has 0 spiro atoms. The van der Waals surface area contributed by atoms with Gasteiger partial charge < -0.3 is 9.84 Å². The normalized spacial score (nSPS) is 15.1. The maximum absolute atomic E-state index is 12.4. The van der Waals surface area contributed by atoms with Gasteiger partial charge in [0.1, 0.15) is 0 Å². The topological polar surface area (TPSA) is 75.6 Å². The van der Waals surface area contributed by atoms with Crippen LogP contribution < -0.4 is 4.72 Å². The summed E-state index contributed by atoms with van der Waals surface area (Å²) in [6.45, 7) is 6.03. The van der Waals surface area contributed by atoms with Crippen LogP contribution in [0, 0.1) is 5.92 Å². The van der Waals surface area contributed by atoms with E-state index in [1.54, 1.807) is 19.2 Å². The molecule has 1 aromatic carbocycles. The van der Waals surface area contributed by atoms with E-state index < -0.39 is 16.1 Å². The van der Waals surface area contributed by atoms with Gasteiger partial charge in [0.2, 0.25) is 10.0 Å².